The highest BCUT2D eigenvalue weighted by Gasteiger charge is 2.27. The van der Waals surface area contributed by atoms with Crippen LogP contribution in [0.1, 0.15) is 13.8 Å². The lowest BCUT2D eigenvalue weighted by Gasteiger charge is -2.35. The van der Waals surface area contributed by atoms with E-state index in [1.807, 2.05) is 13.8 Å². The van der Waals surface area contributed by atoms with Gasteiger partial charge in [0.25, 0.3) is 0 Å². The van der Waals surface area contributed by atoms with Crippen LogP contribution in [-0.4, -0.2) is 52.0 Å². The molecule has 0 unspecified atom stereocenters. The molecule has 0 aliphatic carbocycles. The van der Waals surface area contributed by atoms with Crippen LogP contribution in [0.2, 0.25) is 0 Å². The monoisotopic (exact) mass is 237 g/mol. The van der Waals surface area contributed by atoms with E-state index in [1.165, 1.54) is 6.26 Å². The summed E-state index contributed by atoms with van der Waals surface area (Å²) in [6.07, 6.45) is 1.23. The Labute approximate surface area is 91.1 Å². The molecule has 1 fully saturated rings. The molecule has 0 saturated carbocycles. The molecule has 0 radical (unpaired) electrons. The molecule has 6 heteroatoms. The molecule has 90 valence electrons. The molecular formula is C9H19NO4S. The highest BCUT2D eigenvalue weighted by atomic mass is 32.2. The maximum Gasteiger partial charge on any atom is 0.162 e. The molecule has 0 spiro atoms. The molecule has 1 aliphatic rings. The fraction of sp³-hybridized carbons (Fsp3) is 1.00. The van der Waals surface area contributed by atoms with Gasteiger partial charge in [0.1, 0.15) is 9.84 Å². The van der Waals surface area contributed by atoms with Gasteiger partial charge in [0.15, 0.2) is 5.79 Å². The van der Waals surface area contributed by atoms with Gasteiger partial charge in [0, 0.05) is 12.8 Å². The molecule has 15 heavy (non-hydrogen) atoms. The maximum absolute atomic E-state index is 10.9. The quantitative estimate of drug-likeness (QED) is 0.732. The molecule has 5 nitrogen and oxygen atoms in total. The van der Waals surface area contributed by atoms with Gasteiger partial charge in [-0.3, -0.25) is 0 Å². The van der Waals surface area contributed by atoms with Crippen molar-refractivity contribution >= 4 is 9.84 Å². The summed E-state index contributed by atoms with van der Waals surface area (Å²) in [6.45, 7) is 5.27. The first-order chi connectivity index (χ1) is 6.79. The summed E-state index contributed by atoms with van der Waals surface area (Å²) in [5.74, 6) is -0.373. The van der Waals surface area contributed by atoms with Gasteiger partial charge in [-0.05, 0) is 13.8 Å². The van der Waals surface area contributed by atoms with Gasteiger partial charge in [-0.2, -0.15) is 0 Å². The number of ether oxygens (including phenoxy) is 2. The van der Waals surface area contributed by atoms with E-state index in [1.54, 1.807) is 0 Å². The Hall–Kier alpha value is -0.170. The smallest absolute Gasteiger partial charge is 0.162 e. The fourth-order valence-electron chi connectivity index (χ4n) is 1.26. The largest absolute Gasteiger partial charge is 0.349 e. The van der Waals surface area contributed by atoms with Crippen LogP contribution < -0.4 is 5.32 Å². The third-order valence-electron chi connectivity index (χ3n) is 2.17. The molecular weight excluding hydrogens is 218 g/mol. The second-order valence-corrected chi connectivity index (χ2v) is 6.56. The molecule has 1 saturated heterocycles. The Bertz CT molecular complexity index is 289. The van der Waals surface area contributed by atoms with Crippen molar-refractivity contribution in [2.45, 2.75) is 25.7 Å². The van der Waals surface area contributed by atoms with Gasteiger partial charge in [-0.25, -0.2) is 8.42 Å². The summed E-state index contributed by atoms with van der Waals surface area (Å²) >= 11 is 0. The summed E-state index contributed by atoms with van der Waals surface area (Å²) in [6, 6.07) is 0.0831. The van der Waals surface area contributed by atoms with Crippen molar-refractivity contribution in [1.29, 1.82) is 0 Å². The SMILES string of the molecule is CC1(C)OCC(NCCS(C)(=O)=O)CO1. The van der Waals surface area contributed by atoms with Gasteiger partial charge >= 0.3 is 0 Å². The number of sulfone groups is 1. The van der Waals surface area contributed by atoms with Crippen LogP contribution in [0.15, 0.2) is 0 Å². The lowest BCUT2D eigenvalue weighted by atomic mass is 10.2. The van der Waals surface area contributed by atoms with Gasteiger partial charge in [-0.1, -0.05) is 0 Å². The van der Waals surface area contributed by atoms with E-state index in [9.17, 15) is 8.42 Å². The van der Waals surface area contributed by atoms with E-state index in [2.05, 4.69) is 5.32 Å². The number of hydrogen-bond acceptors (Lipinski definition) is 5. The van der Waals surface area contributed by atoms with Crippen LogP contribution in [0.5, 0.6) is 0 Å². The lowest BCUT2D eigenvalue weighted by Crippen LogP contribution is -2.49. The minimum atomic E-state index is -2.89. The second kappa shape index (κ2) is 4.78. The van der Waals surface area contributed by atoms with E-state index in [0.29, 0.717) is 19.8 Å². The van der Waals surface area contributed by atoms with E-state index < -0.39 is 15.6 Å². The highest BCUT2D eigenvalue weighted by Crippen LogP contribution is 2.16. The van der Waals surface area contributed by atoms with Crippen LogP contribution in [-0.2, 0) is 19.3 Å². The summed E-state index contributed by atoms with van der Waals surface area (Å²) in [5.41, 5.74) is 0. The Balaban J connectivity index is 2.20. The molecule has 0 bridgehead atoms. The number of hydrogen-bond donors (Lipinski definition) is 1. The second-order valence-electron chi connectivity index (χ2n) is 4.30. The first-order valence-electron chi connectivity index (χ1n) is 4.97. The van der Waals surface area contributed by atoms with Crippen LogP contribution in [0.3, 0.4) is 0 Å². The van der Waals surface area contributed by atoms with Crippen LogP contribution >= 0.6 is 0 Å². The van der Waals surface area contributed by atoms with Crippen molar-refractivity contribution in [3.63, 3.8) is 0 Å². The average Bonchev–Trinajstić information content (AvgIpc) is 2.06. The first kappa shape index (κ1) is 12.9. The van der Waals surface area contributed by atoms with Crippen LogP contribution in [0.4, 0.5) is 0 Å². The summed E-state index contributed by atoms with van der Waals surface area (Å²) in [4.78, 5) is 0. The predicted molar refractivity (Wildman–Crippen MR) is 57.5 cm³/mol. The first-order valence-corrected chi connectivity index (χ1v) is 7.04. The molecule has 0 atom stereocenters. The lowest BCUT2D eigenvalue weighted by molar-refractivity contribution is -0.252. The molecule has 1 rings (SSSR count). The van der Waals surface area contributed by atoms with Gasteiger partial charge in [-0.15, -0.1) is 0 Å². The molecule has 0 amide bonds. The zero-order valence-electron chi connectivity index (χ0n) is 9.45. The zero-order chi connectivity index (χ0) is 11.5. The van der Waals surface area contributed by atoms with E-state index in [-0.39, 0.29) is 11.8 Å². The molecule has 1 N–H and O–H groups in total. The molecule has 0 aromatic carbocycles. The van der Waals surface area contributed by atoms with Crippen molar-refractivity contribution in [2.75, 3.05) is 31.8 Å². The molecule has 0 aromatic rings. The standard InChI is InChI=1S/C9H19NO4S/c1-9(2)13-6-8(7-14-9)10-4-5-15(3,11)12/h8,10H,4-7H2,1-3H3. The molecule has 0 aromatic heterocycles. The summed E-state index contributed by atoms with van der Waals surface area (Å²) < 4.78 is 32.6. The highest BCUT2D eigenvalue weighted by molar-refractivity contribution is 7.90. The van der Waals surface area contributed by atoms with Crippen molar-refractivity contribution in [3.05, 3.63) is 0 Å². The van der Waals surface area contributed by atoms with E-state index in [4.69, 9.17) is 9.47 Å². The Morgan fingerprint density at radius 3 is 2.33 bits per heavy atom. The van der Waals surface area contributed by atoms with Crippen molar-refractivity contribution in [1.82, 2.24) is 5.32 Å². The van der Waals surface area contributed by atoms with Gasteiger partial charge in [0.2, 0.25) is 0 Å². The predicted octanol–water partition coefficient (Wildman–Crippen LogP) is -0.228. The normalized spacial score (nSPS) is 22.9. The summed E-state index contributed by atoms with van der Waals surface area (Å²) in [5, 5.41) is 3.09. The number of nitrogens with one attached hydrogen (secondary N) is 1. The topological polar surface area (TPSA) is 64.6 Å². The zero-order valence-corrected chi connectivity index (χ0v) is 10.3. The third kappa shape index (κ3) is 5.46. The van der Waals surface area contributed by atoms with Crippen LogP contribution in [0, 0.1) is 0 Å². The van der Waals surface area contributed by atoms with Crippen molar-refractivity contribution in [2.24, 2.45) is 0 Å². The van der Waals surface area contributed by atoms with E-state index in [0.717, 1.165) is 0 Å². The minimum absolute atomic E-state index is 0.0831. The van der Waals surface area contributed by atoms with Gasteiger partial charge < -0.3 is 14.8 Å². The third-order valence-corrected chi connectivity index (χ3v) is 3.12. The van der Waals surface area contributed by atoms with Gasteiger partial charge in [0.05, 0.1) is 25.0 Å². The Morgan fingerprint density at radius 2 is 1.87 bits per heavy atom. The summed E-state index contributed by atoms with van der Waals surface area (Å²) in [7, 11) is -2.89. The van der Waals surface area contributed by atoms with Crippen molar-refractivity contribution < 1.29 is 17.9 Å². The molecule has 1 heterocycles. The Kier molecular flexibility index (Phi) is 4.11. The maximum atomic E-state index is 10.9. The van der Waals surface area contributed by atoms with E-state index >= 15 is 0 Å². The minimum Gasteiger partial charge on any atom is -0.349 e. The fourth-order valence-corrected chi connectivity index (χ4v) is 1.75. The Morgan fingerprint density at radius 1 is 1.33 bits per heavy atom. The van der Waals surface area contributed by atoms with Crippen molar-refractivity contribution in [3.8, 4) is 0 Å². The molecule has 1 aliphatic heterocycles. The average molecular weight is 237 g/mol. The number of rotatable bonds is 4. The van der Waals surface area contributed by atoms with Crippen LogP contribution in [0.25, 0.3) is 0 Å².